The first-order valence-corrected chi connectivity index (χ1v) is 11.6. The topological polar surface area (TPSA) is 27.7 Å². The molecule has 6 fully saturated rings. The van der Waals surface area contributed by atoms with E-state index < -0.39 is 0 Å². The molecule has 0 radical (unpaired) electrons. The molecule has 0 N–H and O–H groups in total. The molecule has 152 valence electrons. The minimum Gasteiger partial charge on any atom is -0.348 e. The summed E-state index contributed by atoms with van der Waals surface area (Å²) in [5.41, 5.74) is 1.47. The predicted molar refractivity (Wildman–Crippen MR) is 104 cm³/mol. The van der Waals surface area contributed by atoms with E-state index in [9.17, 15) is 0 Å². The summed E-state index contributed by atoms with van der Waals surface area (Å²) >= 11 is 0. The van der Waals surface area contributed by atoms with Crippen molar-refractivity contribution in [3.8, 4) is 0 Å². The molecule has 3 nitrogen and oxygen atoms in total. The minimum absolute atomic E-state index is 0.0432. The molecule has 0 aromatic rings. The van der Waals surface area contributed by atoms with Crippen LogP contribution in [0.2, 0.25) is 0 Å². The molecule has 2 aliphatic heterocycles. The summed E-state index contributed by atoms with van der Waals surface area (Å²) in [5.74, 6) is 3.00. The smallest absolute Gasteiger partial charge is 0.161 e. The molecule has 0 amide bonds. The van der Waals surface area contributed by atoms with E-state index in [0.29, 0.717) is 45.7 Å². The Morgan fingerprint density at radius 3 is 1.44 bits per heavy atom. The van der Waals surface area contributed by atoms with Gasteiger partial charge in [0.1, 0.15) is 0 Å². The zero-order valence-electron chi connectivity index (χ0n) is 18.1. The van der Waals surface area contributed by atoms with Crippen LogP contribution < -0.4 is 0 Å². The fourth-order valence-corrected chi connectivity index (χ4v) is 9.31. The highest BCUT2D eigenvalue weighted by Gasteiger charge is 2.71. The van der Waals surface area contributed by atoms with Crippen LogP contribution in [0.4, 0.5) is 0 Å². The molecule has 2 heterocycles. The van der Waals surface area contributed by atoms with Gasteiger partial charge in [-0.3, -0.25) is 0 Å². The van der Waals surface area contributed by atoms with Crippen molar-refractivity contribution < 1.29 is 14.2 Å². The molecule has 6 rings (SSSR count). The van der Waals surface area contributed by atoms with Crippen molar-refractivity contribution in [1.82, 2.24) is 0 Å². The molecule has 27 heavy (non-hydrogen) atoms. The zero-order chi connectivity index (χ0) is 19.0. The summed E-state index contributed by atoms with van der Waals surface area (Å²) in [6, 6.07) is 0. The summed E-state index contributed by atoms with van der Waals surface area (Å²) in [4.78, 5) is 0. The Kier molecular flexibility index (Phi) is 3.25. The molecular weight excluding hydrogens is 336 g/mol. The van der Waals surface area contributed by atoms with E-state index in [1.165, 1.54) is 25.7 Å². The highest BCUT2D eigenvalue weighted by atomic mass is 16.8. The Labute approximate surface area is 164 Å². The second kappa shape index (κ2) is 4.95. The number of hydrogen-bond donors (Lipinski definition) is 0. The summed E-state index contributed by atoms with van der Waals surface area (Å²) in [5, 5.41) is 0. The molecule has 0 aromatic heterocycles. The van der Waals surface area contributed by atoms with Crippen molar-refractivity contribution >= 4 is 0 Å². The van der Waals surface area contributed by atoms with Crippen molar-refractivity contribution in [2.75, 3.05) is 0 Å². The Morgan fingerprint density at radius 1 is 0.667 bits per heavy atom. The Bertz CT molecular complexity index is 615. The molecule has 4 bridgehead atoms. The lowest BCUT2D eigenvalue weighted by Gasteiger charge is -2.39. The third kappa shape index (κ3) is 1.83. The van der Waals surface area contributed by atoms with Crippen molar-refractivity contribution in [3.05, 3.63) is 0 Å². The van der Waals surface area contributed by atoms with Crippen LogP contribution in [-0.2, 0) is 14.2 Å². The van der Waals surface area contributed by atoms with E-state index in [-0.39, 0.29) is 12.6 Å². The number of hydrogen-bond acceptors (Lipinski definition) is 3. The van der Waals surface area contributed by atoms with Gasteiger partial charge in [-0.15, -0.1) is 0 Å². The predicted octanol–water partition coefficient (Wildman–Crippen LogP) is 5.38. The maximum atomic E-state index is 6.58. The average Bonchev–Trinajstić information content (AvgIpc) is 3.33. The summed E-state index contributed by atoms with van der Waals surface area (Å²) in [7, 11) is 0. The maximum Gasteiger partial charge on any atom is 0.161 e. The highest BCUT2D eigenvalue weighted by Crippen LogP contribution is 2.72. The minimum atomic E-state index is -0.0432. The van der Waals surface area contributed by atoms with Gasteiger partial charge in [0.15, 0.2) is 12.6 Å². The average molecular weight is 375 g/mol. The van der Waals surface area contributed by atoms with Crippen molar-refractivity contribution in [2.24, 2.45) is 45.3 Å². The van der Waals surface area contributed by atoms with Crippen LogP contribution in [0.15, 0.2) is 0 Å². The molecule has 6 aliphatic rings. The quantitative estimate of drug-likeness (QED) is 0.650. The van der Waals surface area contributed by atoms with E-state index in [4.69, 9.17) is 14.2 Å². The largest absolute Gasteiger partial charge is 0.348 e. The summed E-state index contributed by atoms with van der Waals surface area (Å²) in [6.07, 6.45) is 8.24. The molecule has 4 saturated carbocycles. The van der Waals surface area contributed by atoms with Gasteiger partial charge in [-0.05, 0) is 71.0 Å². The van der Waals surface area contributed by atoms with Gasteiger partial charge in [0.2, 0.25) is 0 Å². The van der Waals surface area contributed by atoms with E-state index >= 15 is 0 Å². The van der Waals surface area contributed by atoms with Gasteiger partial charge in [-0.25, -0.2) is 0 Å². The van der Waals surface area contributed by atoms with E-state index in [2.05, 4.69) is 41.5 Å². The van der Waals surface area contributed by atoms with E-state index in [1.807, 2.05) is 0 Å². The standard InChI is InChI=1S/C24H38O3/c1-21(2)15-7-9-23(21,5)19-13(15)11-17(26-19)25-18-12-14-16-8-10-24(6,20(14)27-18)22(16,3)4/h13-20H,7-12H2,1-6H3/t13-,14+,15+,16-,17-,18-,19-,20+,23+,24-/m0/s1. The molecular formula is C24H38O3. The van der Waals surface area contributed by atoms with E-state index in [0.717, 1.165) is 24.7 Å². The van der Waals surface area contributed by atoms with Gasteiger partial charge in [0.05, 0.1) is 12.2 Å². The lowest BCUT2D eigenvalue weighted by molar-refractivity contribution is -0.252. The van der Waals surface area contributed by atoms with Crippen LogP contribution in [0.25, 0.3) is 0 Å². The van der Waals surface area contributed by atoms with Gasteiger partial charge >= 0.3 is 0 Å². The summed E-state index contributed by atoms with van der Waals surface area (Å²) < 4.78 is 19.6. The Morgan fingerprint density at radius 2 is 1.07 bits per heavy atom. The molecule has 0 unspecified atom stereocenters. The van der Waals surface area contributed by atoms with E-state index in [1.54, 1.807) is 0 Å². The van der Waals surface area contributed by atoms with Gasteiger partial charge < -0.3 is 14.2 Å². The van der Waals surface area contributed by atoms with Gasteiger partial charge in [-0.1, -0.05) is 41.5 Å². The van der Waals surface area contributed by atoms with Crippen LogP contribution in [0, 0.1) is 45.3 Å². The van der Waals surface area contributed by atoms with Crippen LogP contribution in [-0.4, -0.2) is 24.8 Å². The SMILES string of the molecule is CC1(C)[C@H]2CC[C@@]1(C)[C@@H]1O[C@H](O[C@@H]3C[C@H]4[C@H]5CC[C@](C)([C@H]4O3)C5(C)C)C[C@@H]12. The van der Waals surface area contributed by atoms with Gasteiger partial charge in [0.25, 0.3) is 0 Å². The highest BCUT2D eigenvalue weighted by molar-refractivity contribution is 5.18. The first-order chi connectivity index (χ1) is 12.6. The monoisotopic (exact) mass is 374 g/mol. The molecule has 0 aromatic carbocycles. The van der Waals surface area contributed by atoms with Crippen LogP contribution >= 0.6 is 0 Å². The Hall–Kier alpha value is -0.120. The second-order valence-electron chi connectivity index (χ2n) is 12.5. The van der Waals surface area contributed by atoms with Crippen LogP contribution in [0.1, 0.15) is 80.1 Å². The lowest BCUT2D eigenvalue weighted by Crippen LogP contribution is -2.39. The molecule has 3 heteroatoms. The molecule has 4 aliphatic carbocycles. The van der Waals surface area contributed by atoms with Crippen molar-refractivity contribution in [2.45, 2.75) is 105 Å². The Balaban J connectivity index is 1.15. The number of fused-ring (bicyclic) bond motifs is 10. The summed E-state index contributed by atoms with van der Waals surface area (Å²) in [6.45, 7) is 14.8. The van der Waals surface area contributed by atoms with Gasteiger partial charge in [-0.2, -0.15) is 0 Å². The van der Waals surface area contributed by atoms with Crippen LogP contribution in [0.3, 0.4) is 0 Å². The number of rotatable bonds is 2. The molecule has 0 spiro atoms. The normalized spacial score (nSPS) is 61.6. The third-order valence-corrected chi connectivity index (χ3v) is 11.6. The fourth-order valence-electron chi connectivity index (χ4n) is 9.31. The fraction of sp³-hybridized carbons (Fsp3) is 1.00. The van der Waals surface area contributed by atoms with Crippen molar-refractivity contribution in [1.29, 1.82) is 0 Å². The van der Waals surface area contributed by atoms with Gasteiger partial charge in [0, 0.05) is 12.8 Å². The zero-order valence-corrected chi connectivity index (χ0v) is 18.1. The first-order valence-electron chi connectivity index (χ1n) is 11.6. The van der Waals surface area contributed by atoms with Crippen LogP contribution in [0.5, 0.6) is 0 Å². The number of ether oxygens (including phenoxy) is 3. The maximum absolute atomic E-state index is 6.58. The first kappa shape index (κ1) is 17.7. The molecule has 10 atom stereocenters. The molecule has 2 saturated heterocycles. The third-order valence-electron chi connectivity index (χ3n) is 11.6. The lowest BCUT2D eigenvalue weighted by atomic mass is 9.70. The second-order valence-corrected chi connectivity index (χ2v) is 12.5. The van der Waals surface area contributed by atoms with Crippen molar-refractivity contribution in [3.63, 3.8) is 0 Å².